The second-order valence-electron chi connectivity index (χ2n) is 2.79. The summed E-state index contributed by atoms with van der Waals surface area (Å²) in [5, 5.41) is 0. The number of hydrogen-bond acceptors (Lipinski definition) is 1. The van der Waals surface area contributed by atoms with Crippen molar-refractivity contribution in [3.63, 3.8) is 0 Å². The SMILES string of the molecule is C[C@H]1C[C@@H]2O[C@@H]2C1. The van der Waals surface area contributed by atoms with E-state index in [1.165, 1.54) is 12.8 Å². The quantitative estimate of drug-likeness (QED) is 0.414. The summed E-state index contributed by atoms with van der Waals surface area (Å²) in [5.41, 5.74) is 0. The molecule has 2 rings (SSSR count). The minimum atomic E-state index is 0.690. The van der Waals surface area contributed by atoms with Gasteiger partial charge in [0.05, 0.1) is 12.2 Å². The van der Waals surface area contributed by atoms with Crippen LogP contribution in [0.3, 0.4) is 0 Å². The Kier molecular flexibility index (Phi) is 0.571. The van der Waals surface area contributed by atoms with Gasteiger partial charge in [0.15, 0.2) is 0 Å². The Labute approximate surface area is 43.7 Å². The summed E-state index contributed by atoms with van der Waals surface area (Å²) < 4.78 is 5.22. The third kappa shape index (κ3) is 0.480. The van der Waals surface area contributed by atoms with Crippen molar-refractivity contribution in [1.29, 1.82) is 0 Å². The van der Waals surface area contributed by atoms with E-state index in [1.54, 1.807) is 0 Å². The maximum Gasteiger partial charge on any atom is 0.0844 e. The fourth-order valence-corrected chi connectivity index (χ4v) is 1.48. The van der Waals surface area contributed by atoms with E-state index < -0.39 is 0 Å². The maximum absolute atomic E-state index is 5.22. The fourth-order valence-electron chi connectivity index (χ4n) is 1.48. The molecule has 2 aliphatic rings. The molecule has 0 amide bonds. The Morgan fingerprint density at radius 1 is 1.29 bits per heavy atom. The van der Waals surface area contributed by atoms with Crippen LogP contribution in [-0.4, -0.2) is 12.2 Å². The first-order chi connectivity index (χ1) is 3.36. The molecule has 40 valence electrons. The molecule has 1 heterocycles. The Morgan fingerprint density at radius 3 is 2.14 bits per heavy atom. The van der Waals surface area contributed by atoms with E-state index in [0.29, 0.717) is 12.2 Å². The van der Waals surface area contributed by atoms with E-state index in [-0.39, 0.29) is 0 Å². The van der Waals surface area contributed by atoms with Crippen LogP contribution >= 0.6 is 0 Å². The predicted octanol–water partition coefficient (Wildman–Crippen LogP) is 1.18. The molecule has 0 aromatic carbocycles. The van der Waals surface area contributed by atoms with Crippen molar-refractivity contribution in [3.05, 3.63) is 0 Å². The fraction of sp³-hybridized carbons (Fsp3) is 1.00. The van der Waals surface area contributed by atoms with Crippen molar-refractivity contribution in [1.82, 2.24) is 0 Å². The van der Waals surface area contributed by atoms with E-state index in [1.807, 2.05) is 0 Å². The first kappa shape index (κ1) is 3.90. The van der Waals surface area contributed by atoms with Gasteiger partial charge in [-0.3, -0.25) is 0 Å². The number of fused-ring (bicyclic) bond motifs is 1. The van der Waals surface area contributed by atoms with Crippen LogP contribution in [0.15, 0.2) is 0 Å². The van der Waals surface area contributed by atoms with Gasteiger partial charge in [-0.2, -0.15) is 0 Å². The summed E-state index contributed by atoms with van der Waals surface area (Å²) in [7, 11) is 0. The van der Waals surface area contributed by atoms with Crippen molar-refractivity contribution in [2.45, 2.75) is 32.0 Å². The molecule has 0 radical (unpaired) electrons. The minimum Gasteiger partial charge on any atom is -0.370 e. The molecule has 1 aliphatic carbocycles. The molecule has 0 bridgehead atoms. The van der Waals surface area contributed by atoms with Crippen LogP contribution < -0.4 is 0 Å². The average Bonchev–Trinajstić information content (AvgIpc) is 2.15. The first-order valence-electron chi connectivity index (χ1n) is 3.02. The molecule has 0 aromatic rings. The van der Waals surface area contributed by atoms with Crippen LogP contribution in [0.4, 0.5) is 0 Å². The van der Waals surface area contributed by atoms with Crippen LogP contribution in [0.25, 0.3) is 0 Å². The predicted molar refractivity (Wildman–Crippen MR) is 27.1 cm³/mol. The molecule has 1 nitrogen and oxygen atoms in total. The van der Waals surface area contributed by atoms with Gasteiger partial charge in [-0.25, -0.2) is 0 Å². The van der Waals surface area contributed by atoms with Crippen molar-refractivity contribution in [2.24, 2.45) is 5.92 Å². The minimum absolute atomic E-state index is 0.690. The highest BCUT2D eigenvalue weighted by molar-refractivity contribution is 4.93. The zero-order valence-electron chi connectivity index (χ0n) is 4.55. The highest BCUT2D eigenvalue weighted by Crippen LogP contribution is 2.41. The zero-order valence-corrected chi connectivity index (χ0v) is 4.55. The monoisotopic (exact) mass is 98.1 g/mol. The van der Waals surface area contributed by atoms with E-state index in [4.69, 9.17) is 4.74 Å². The molecule has 0 spiro atoms. The summed E-state index contributed by atoms with van der Waals surface area (Å²) in [6.45, 7) is 2.30. The molecule has 1 saturated carbocycles. The van der Waals surface area contributed by atoms with Crippen LogP contribution in [0.2, 0.25) is 0 Å². The molecule has 2 fully saturated rings. The normalized spacial score (nSPS) is 57.0. The molecule has 1 saturated heterocycles. The van der Waals surface area contributed by atoms with E-state index >= 15 is 0 Å². The lowest BCUT2D eigenvalue weighted by atomic mass is 10.1. The molecule has 0 N–H and O–H groups in total. The summed E-state index contributed by atoms with van der Waals surface area (Å²) in [6.07, 6.45) is 4.03. The lowest BCUT2D eigenvalue weighted by Crippen LogP contribution is -1.90. The average molecular weight is 98.1 g/mol. The van der Waals surface area contributed by atoms with Crippen molar-refractivity contribution in [2.75, 3.05) is 0 Å². The molecule has 1 heteroatoms. The van der Waals surface area contributed by atoms with Gasteiger partial charge in [0, 0.05) is 0 Å². The van der Waals surface area contributed by atoms with E-state index in [9.17, 15) is 0 Å². The Bertz CT molecular complexity index is 80.2. The van der Waals surface area contributed by atoms with Crippen molar-refractivity contribution < 1.29 is 4.74 Å². The van der Waals surface area contributed by atoms with Crippen molar-refractivity contribution >= 4 is 0 Å². The van der Waals surface area contributed by atoms with Gasteiger partial charge in [-0.1, -0.05) is 6.92 Å². The molecule has 3 atom stereocenters. The van der Waals surface area contributed by atoms with Crippen LogP contribution in [0.1, 0.15) is 19.8 Å². The Morgan fingerprint density at radius 2 is 1.86 bits per heavy atom. The summed E-state index contributed by atoms with van der Waals surface area (Å²) in [4.78, 5) is 0. The smallest absolute Gasteiger partial charge is 0.0844 e. The molecule has 0 aromatic heterocycles. The maximum atomic E-state index is 5.22. The second kappa shape index (κ2) is 1.03. The van der Waals surface area contributed by atoms with Crippen LogP contribution in [0.5, 0.6) is 0 Å². The lowest BCUT2D eigenvalue weighted by molar-refractivity contribution is 0.283. The highest BCUT2D eigenvalue weighted by Gasteiger charge is 2.45. The Balaban J connectivity index is 2.02. The van der Waals surface area contributed by atoms with Gasteiger partial charge in [0.25, 0.3) is 0 Å². The number of epoxide rings is 1. The van der Waals surface area contributed by atoms with Gasteiger partial charge in [-0.15, -0.1) is 0 Å². The van der Waals surface area contributed by atoms with E-state index in [0.717, 1.165) is 5.92 Å². The molecular weight excluding hydrogens is 88.1 g/mol. The third-order valence-corrected chi connectivity index (χ3v) is 1.96. The van der Waals surface area contributed by atoms with Crippen LogP contribution in [-0.2, 0) is 4.74 Å². The summed E-state index contributed by atoms with van der Waals surface area (Å²) >= 11 is 0. The molecule has 7 heavy (non-hydrogen) atoms. The molecule has 1 aliphatic heterocycles. The number of ether oxygens (including phenoxy) is 1. The largest absolute Gasteiger partial charge is 0.370 e. The number of rotatable bonds is 0. The van der Waals surface area contributed by atoms with Crippen LogP contribution in [0, 0.1) is 5.92 Å². The standard InChI is InChI=1S/C6H10O/c1-4-2-5-6(3-4)7-5/h4-6H,2-3H2,1H3/t4-,5-,6+. The van der Waals surface area contributed by atoms with E-state index in [2.05, 4.69) is 6.92 Å². The van der Waals surface area contributed by atoms with Gasteiger partial charge >= 0.3 is 0 Å². The Hall–Kier alpha value is -0.0400. The van der Waals surface area contributed by atoms with Gasteiger partial charge in [-0.05, 0) is 18.8 Å². The topological polar surface area (TPSA) is 12.5 Å². The van der Waals surface area contributed by atoms with Gasteiger partial charge in [0.2, 0.25) is 0 Å². The van der Waals surface area contributed by atoms with Gasteiger partial charge < -0.3 is 4.74 Å². The first-order valence-corrected chi connectivity index (χ1v) is 3.02. The number of hydrogen-bond donors (Lipinski definition) is 0. The lowest BCUT2D eigenvalue weighted by Gasteiger charge is -1.98. The molecular formula is C6H10O. The summed E-state index contributed by atoms with van der Waals surface area (Å²) in [5.74, 6) is 0.948. The molecule has 0 unspecified atom stereocenters. The van der Waals surface area contributed by atoms with Gasteiger partial charge in [0.1, 0.15) is 0 Å². The zero-order chi connectivity index (χ0) is 4.85. The summed E-state index contributed by atoms with van der Waals surface area (Å²) in [6, 6.07) is 0. The highest BCUT2D eigenvalue weighted by atomic mass is 16.6. The third-order valence-electron chi connectivity index (χ3n) is 1.96. The van der Waals surface area contributed by atoms with Crippen molar-refractivity contribution in [3.8, 4) is 0 Å². The second-order valence-corrected chi connectivity index (χ2v) is 2.79.